The standard InChI is InChI=1S/C20H17Cl2N3O4S3/c1-3-6-13-7-4-8-18(20(13)23-2)31(26,27)24-16-11-14(21)15(22)12-17(16)25-32(28,29)19-9-5-10-30-19/h3-12,24-25H,2H2,1H3/b6-3-. The van der Waals surface area contributed by atoms with E-state index >= 15 is 0 Å². The van der Waals surface area contributed by atoms with Crippen LogP contribution in [0.5, 0.6) is 0 Å². The highest BCUT2D eigenvalue weighted by Crippen LogP contribution is 2.37. The molecule has 2 aromatic carbocycles. The van der Waals surface area contributed by atoms with Crippen LogP contribution in [-0.2, 0) is 20.0 Å². The number of benzene rings is 2. The predicted molar refractivity (Wildman–Crippen MR) is 133 cm³/mol. The van der Waals surface area contributed by atoms with Crippen molar-refractivity contribution in [2.45, 2.75) is 16.0 Å². The molecule has 1 heterocycles. The van der Waals surface area contributed by atoms with E-state index in [9.17, 15) is 16.8 Å². The number of hydrogen-bond donors (Lipinski definition) is 2. The van der Waals surface area contributed by atoms with Crippen LogP contribution in [0.3, 0.4) is 0 Å². The minimum Gasteiger partial charge on any atom is -0.277 e. The van der Waals surface area contributed by atoms with Gasteiger partial charge in [-0.25, -0.2) is 16.8 Å². The van der Waals surface area contributed by atoms with Crippen LogP contribution in [0.15, 0.2) is 68.0 Å². The zero-order valence-electron chi connectivity index (χ0n) is 16.5. The molecule has 0 atom stereocenters. The Kier molecular flexibility index (Phi) is 7.31. The van der Waals surface area contributed by atoms with Gasteiger partial charge in [-0.2, -0.15) is 0 Å². The van der Waals surface area contributed by atoms with Gasteiger partial charge in [-0.15, -0.1) is 11.3 Å². The Labute approximate surface area is 200 Å². The van der Waals surface area contributed by atoms with Gasteiger partial charge in [0.1, 0.15) is 9.10 Å². The summed E-state index contributed by atoms with van der Waals surface area (Å²) in [5.74, 6) is 0. The second-order valence-corrected chi connectivity index (χ2v) is 11.6. The van der Waals surface area contributed by atoms with E-state index in [0.29, 0.717) is 5.56 Å². The van der Waals surface area contributed by atoms with Crippen molar-refractivity contribution in [2.24, 2.45) is 4.99 Å². The molecule has 0 saturated carbocycles. The molecule has 0 saturated heterocycles. The van der Waals surface area contributed by atoms with Crippen molar-refractivity contribution in [3.63, 3.8) is 0 Å². The molecule has 7 nitrogen and oxygen atoms in total. The van der Waals surface area contributed by atoms with Gasteiger partial charge in [-0.05, 0) is 43.3 Å². The van der Waals surface area contributed by atoms with Gasteiger partial charge in [0.15, 0.2) is 0 Å². The lowest BCUT2D eigenvalue weighted by atomic mass is 10.1. The molecule has 0 aliphatic carbocycles. The Morgan fingerprint density at radius 2 is 1.59 bits per heavy atom. The maximum atomic E-state index is 13.2. The first kappa shape index (κ1) is 24.3. The number of thiophene rings is 1. The quantitative estimate of drug-likeness (QED) is 0.348. The van der Waals surface area contributed by atoms with Gasteiger partial charge in [0.2, 0.25) is 0 Å². The molecule has 168 valence electrons. The van der Waals surface area contributed by atoms with E-state index in [4.69, 9.17) is 23.2 Å². The Morgan fingerprint density at radius 3 is 2.12 bits per heavy atom. The van der Waals surface area contributed by atoms with Crippen molar-refractivity contribution in [2.75, 3.05) is 9.44 Å². The number of sulfonamides is 2. The highest BCUT2D eigenvalue weighted by atomic mass is 35.5. The van der Waals surface area contributed by atoms with Crippen molar-refractivity contribution < 1.29 is 16.8 Å². The van der Waals surface area contributed by atoms with E-state index in [1.807, 2.05) is 0 Å². The monoisotopic (exact) mass is 529 g/mol. The molecule has 3 rings (SSSR count). The number of hydrogen-bond acceptors (Lipinski definition) is 6. The Hall–Kier alpha value is -2.37. The minimum absolute atomic E-state index is 0.0353. The van der Waals surface area contributed by atoms with E-state index in [0.717, 1.165) is 11.3 Å². The fraction of sp³-hybridized carbons (Fsp3) is 0.0500. The summed E-state index contributed by atoms with van der Waals surface area (Å²) in [6, 6.07) is 10.1. The summed E-state index contributed by atoms with van der Waals surface area (Å²) in [4.78, 5) is 3.73. The maximum Gasteiger partial charge on any atom is 0.271 e. The average Bonchev–Trinajstić information content (AvgIpc) is 3.27. The van der Waals surface area contributed by atoms with Gasteiger partial charge in [0.25, 0.3) is 20.0 Å². The Balaban J connectivity index is 2.09. The topological polar surface area (TPSA) is 105 Å². The van der Waals surface area contributed by atoms with Crippen molar-refractivity contribution in [3.05, 3.63) is 69.5 Å². The molecule has 12 heteroatoms. The van der Waals surface area contributed by atoms with Crippen LogP contribution in [0.4, 0.5) is 17.1 Å². The molecule has 0 aliphatic rings. The zero-order valence-corrected chi connectivity index (χ0v) is 20.5. The van der Waals surface area contributed by atoms with Gasteiger partial charge in [-0.1, -0.05) is 53.6 Å². The first-order chi connectivity index (χ1) is 15.1. The third kappa shape index (κ3) is 5.16. The predicted octanol–water partition coefficient (Wildman–Crippen LogP) is 6.02. The number of rotatable bonds is 8. The van der Waals surface area contributed by atoms with E-state index in [1.54, 1.807) is 42.7 Å². The van der Waals surface area contributed by atoms with Crippen LogP contribution >= 0.6 is 34.5 Å². The summed E-state index contributed by atoms with van der Waals surface area (Å²) in [5.41, 5.74) is 0.511. The van der Waals surface area contributed by atoms with E-state index in [-0.39, 0.29) is 36.2 Å². The summed E-state index contributed by atoms with van der Waals surface area (Å²) < 4.78 is 56.6. The molecule has 0 bridgehead atoms. The highest BCUT2D eigenvalue weighted by molar-refractivity contribution is 7.94. The van der Waals surface area contributed by atoms with E-state index < -0.39 is 20.0 Å². The van der Waals surface area contributed by atoms with E-state index in [1.165, 1.54) is 24.3 Å². The van der Waals surface area contributed by atoms with Crippen molar-refractivity contribution in [1.29, 1.82) is 0 Å². The first-order valence-corrected chi connectivity index (χ1v) is 13.5. The smallest absolute Gasteiger partial charge is 0.271 e. The fourth-order valence-corrected chi connectivity index (χ4v) is 6.42. The Morgan fingerprint density at radius 1 is 0.969 bits per heavy atom. The van der Waals surface area contributed by atoms with Gasteiger partial charge in [0.05, 0.1) is 27.1 Å². The second-order valence-electron chi connectivity index (χ2n) is 6.31. The highest BCUT2D eigenvalue weighted by Gasteiger charge is 2.24. The van der Waals surface area contributed by atoms with Crippen LogP contribution in [0, 0.1) is 0 Å². The molecule has 0 spiro atoms. The third-order valence-electron chi connectivity index (χ3n) is 4.13. The van der Waals surface area contributed by atoms with Crippen molar-refractivity contribution in [3.8, 4) is 0 Å². The number of nitrogens with zero attached hydrogens (tertiary/aromatic N) is 1. The van der Waals surface area contributed by atoms with Crippen LogP contribution in [-0.4, -0.2) is 23.6 Å². The molecular weight excluding hydrogens is 513 g/mol. The first-order valence-electron chi connectivity index (χ1n) is 8.89. The molecule has 0 radical (unpaired) electrons. The fourth-order valence-electron chi connectivity index (χ4n) is 2.77. The van der Waals surface area contributed by atoms with Crippen molar-refractivity contribution >= 4 is 84.4 Å². The van der Waals surface area contributed by atoms with Gasteiger partial charge in [-0.3, -0.25) is 14.4 Å². The number of anilines is 2. The molecule has 0 amide bonds. The zero-order chi connectivity index (χ0) is 23.5. The Bertz CT molecular complexity index is 1400. The number of nitrogens with one attached hydrogen (secondary N) is 2. The van der Waals surface area contributed by atoms with Crippen LogP contribution in [0.1, 0.15) is 12.5 Å². The SMILES string of the molecule is C=Nc1c(/C=C\C)cccc1S(=O)(=O)Nc1cc(Cl)c(Cl)cc1NS(=O)(=O)c1cccs1. The maximum absolute atomic E-state index is 13.2. The van der Waals surface area contributed by atoms with E-state index in [2.05, 4.69) is 21.2 Å². The molecule has 1 aromatic heterocycles. The summed E-state index contributed by atoms with van der Waals surface area (Å²) in [7, 11) is -8.18. The lowest BCUT2D eigenvalue weighted by molar-refractivity contribution is 0.600. The number of aliphatic imine (C=N–C) groups is 1. The molecule has 0 aliphatic heterocycles. The summed E-state index contributed by atoms with van der Waals surface area (Å²) >= 11 is 13.1. The van der Waals surface area contributed by atoms with Crippen molar-refractivity contribution in [1.82, 2.24) is 0 Å². The second kappa shape index (κ2) is 9.63. The lowest BCUT2D eigenvalue weighted by Crippen LogP contribution is -2.17. The third-order valence-corrected chi connectivity index (χ3v) is 9.02. The molecule has 0 unspecified atom stereocenters. The minimum atomic E-state index is -4.21. The lowest BCUT2D eigenvalue weighted by Gasteiger charge is -2.16. The van der Waals surface area contributed by atoms with Gasteiger partial charge < -0.3 is 0 Å². The molecule has 32 heavy (non-hydrogen) atoms. The molecule has 0 fully saturated rings. The number of halogens is 2. The summed E-state index contributed by atoms with van der Waals surface area (Å²) in [6.07, 6.45) is 3.44. The molecular formula is C20H17Cl2N3O4S3. The van der Waals surface area contributed by atoms with Gasteiger partial charge in [0, 0.05) is 5.56 Å². The molecule has 3 aromatic rings. The normalized spacial score (nSPS) is 12.1. The number of para-hydroxylation sites is 1. The van der Waals surface area contributed by atoms with Crippen LogP contribution < -0.4 is 9.44 Å². The summed E-state index contributed by atoms with van der Waals surface area (Å²) in [5, 5.41) is 1.68. The largest absolute Gasteiger partial charge is 0.277 e. The van der Waals surface area contributed by atoms with Gasteiger partial charge >= 0.3 is 0 Å². The number of allylic oxidation sites excluding steroid dienone is 1. The van der Waals surface area contributed by atoms with Crippen LogP contribution in [0.2, 0.25) is 10.0 Å². The summed E-state index contributed by atoms with van der Waals surface area (Å²) in [6.45, 7) is 5.26. The van der Waals surface area contributed by atoms with Crippen LogP contribution in [0.25, 0.3) is 6.08 Å². The molecule has 2 N–H and O–H groups in total. The average molecular weight is 530 g/mol.